The highest BCUT2D eigenvalue weighted by Gasteiger charge is 2.26. The van der Waals surface area contributed by atoms with Crippen LogP contribution in [0.25, 0.3) is 0 Å². The van der Waals surface area contributed by atoms with Crippen molar-refractivity contribution < 1.29 is 4.79 Å². The second-order valence-electron chi connectivity index (χ2n) is 4.87. The van der Waals surface area contributed by atoms with Gasteiger partial charge in [0.2, 0.25) is 0 Å². The lowest BCUT2D eigenvalue weighted by Gasteiger charge is -2.24. The predicted molar refractivity (Wildman–Crippen MR) is 79.1 cm³/mol. The van der Waals surface area contributed by atoms with E-state index in [0.29, 0.717) is 15.7 Å². The number of carbonyl (C=O) groups excluding carboxylic acids is 1. The van der Waals surface area contributed by atoms with Crippen LogP contribution in [0, 0.1) is 0 Å². The topological polar surface area (TPSA) is 35.6 Å². The molecule has 0 spiro atoms. The Morgan fingerprint density at radius 2 is 2.16 bits per heavy atom. The number of carbonyl (C=O) groups is 1. The van der Waals surface area contributed by atoms with E-state index in [4.69, 9.17) is 23.2 Å². The van der Waals surface area contributed by atoms with Gasteiger partial charge in [0.25, 0.3) is 0 Å². The summed E-state index contributed by atoms with van der Waals surface area (Å²) in [6.45, 7) is 1.93. The molecule has 0 aromatic heterocycles. The summed E-state index contributed by atoms with van der Waals surface area (Å²) < 4.78 is 0. The number of hydrogen-bond donors (Lipinski definition) is 1. The van der Waals surface area contributed by atoms with Crippen LogP contribution in [0.15, 0.2) is 18.2 Å². The molecule has 1 fully saturated rings. The van der Waals surface area contributed by atoms with Crippen LogP contribution in [0.1, 0.15) is 6.42 Å². The third kappa shape index (κ3) is 3.53. The van der Waals surface area contributed by atoms with E-state index in [9.17, 15) is 4.79 Å². The van der Waals surface area contributed by atoms with Crippen molar-refractivity contribution in [2.45, 2.75) is 12.5 Å². The molecule has 0 saturated carbocycles. The summed E-state index contributed by atoms with van der Waals surface area (Å²) in [5.41, 5.74) is 0.651. The van der Waals surface area contributed by atoms with Gasteiger partial charge in [-0.05, 0) is 38.2 Å². The molecule has 19 heavy (non-hydrogen) atoms. The average Bonchev–Trinajstić information content (AvgIpc) is 2.79. The van der Waals surface area contributed by atoms with Crippen molar-refractivity contribution in [3.05, 3.63) is 28.2 Å². The Hall–Kier alpha value is -0.970. The molecule has 104 valence electrons. The lowest BCUT2D eigenvalue weighted by molar-refractivity contribution is 0.204. The zero-order chi connectivity index (χ0) is 14.0. The zero-order valence-corrected chi connectivity index (χ0v) is 12.5. The number of likely N-dealkylation sites (tertiary alicyclic amines) is 1. The normalized spacial score (nSPS) is 19.5. The molecule has 1 aromatic carbocycles. The quantitative estimate of drug-likeness (QED) is 0.911. The Kier molecular flexibility index (Phi) is 4.55. The number of benzene rings is 1. The average molecular weight is 302 g/mol. The fraction of sp³-hybridized carbons (Fsp3) is 0.462. The molecule has 0 bridgehead atoms. The first-order chi connectivity index (χ1) is 8.97. The molecule has 0 radical (unpaired) electrons. The maximum absolute atomic E-state index is 12.1. The van der Waals surface area contributed by atoms with Crippen molar-refractivity contribution in [1.29, 1.82) is 0 Å². The maximum Gasteiger partial charge on any atom is 0.321 e. The van der Waals surface area contributed by atoms with Crippen LogP contribution in [-0.4, -0.2) is 49.1 Å². The van der Waals surface area contributed by atoms with Crippen molar-refractivity contribution in [2.24, 2.45) is 0 Å². The minimum atomic E-state index is -0.126. The maximum atomic E-state index is 12.1. The molecule has 4 nitrogen and oxygen atoms in total. The Morgan fingerprint density at radius 3 is 2.74 bits per heavy atom. The van der Waals surface area contributed by atoms with Gasteiger partial charge < -0.3 is 15.1 Å². The van der Waals surface area contributed by atoms with Gasteiger partial charge in [0.15, 0.2) is 0 Å². The summed E-state index contributed by atoms with van der Waals surface area (Å²) in [5.74, 6) is 0. The zero-order valence-electron chi connectivity index (χ0n) is 11.0. The Bertz CT molecular complexity index is 481. The van der Waals surface area contributed by atoms with Gasteiger partial charge in [-0.1, -0.05) is 23.2 Å². The van der Waals surface area contributed by atoms with Crippen LogP contribution < -0.4 is 5.32 Å². The van der Waals surface area contributed by atoms with Crippen molar-refractivity contribution in [3.63, 3.8) is 0 Å². The summed E-state index contributed by atoms with van der Waals surface area (Å²) in [7, 11) is 3.88. The molecule has 1 heterocycles. The van der Waals surface area contributed by atoms with Crippen LogP contribution in [0.2, 0.25) is 10.0 Å². The lowest BCUT2D eigenvalue weighted by atomic mass is 10.2. The van der Waals surface area contributed by atoms with Gasteiger partial charge in [-0.2, -0.15) is 0 Å². The minimum Gasteiger partial charge on any atom is -0.323 e. The Labute approximate surface area is 123 Å². The van der Waals surface area contributed by atoms with Crippen molar-refractivity contribution in [2.75, 3.05) is 32.5 Å². The summed E-state index contributed by atoms with van der Waals surface area (Å²) in [4.78, 5) is 16.1. The number of hydrogen-bond acceptors (Lipinski definition) is 2. The van der Waals surface area contributed by atoms with Gasteiger partial charge in [-0.15, -0.1) is 0 Å². The molecule has 1 N–H and O–H groups in total. The number of urea groups is 1. The van der Waals surface area contributed by atoms with E-state index < -0.39 is 0 Å². The van der Waals surface area contributed by atoms with Crippen molar-refractivity contribution in [3.8, 4) is 0 Å². The number of amides is 2. The summed E-state index contributed by atoms with van der Waals surface area (Å²) in [6, 6.07) is 5.19. The highest BCUT2D eigenvalue weighted by atomic mass is 35.5. The van der Waals surface area contributed by atoms with Gasteiger partial charge in [0.1, 0.15) is 0 Å². The fourth-order valence-corrected chi connectivity index (χ4v) is 2.48. The molecule has 2 amide bonds. The fourth-order valence-electron chi connectivity index (χ4n) is 2.18. The Balaban J connectivity index is 1.98. The van der Waals surface area contributed by atoms with E-state index in [0.717, 1.165) is 19.5 Å². The smallest absolute Gasteiger partial charge is 0.321 e. The molecule has 1 atom stereocenters. The summed E-state index contributed by atoms with van der Waals surface area (Å²) >= 11 is 11.8. The first-order valence-electron chi connectivity index (χ1n) is 6.15. The highest BCUT2D eigenvalue weighted by molar-refractivity contribution is 6.42. The van der Waals surface area contributed by atoms with Gasteiger partial charge >= 0.3 is 6.03 Å². The standard InChI is InChI=1S/C13H17Cl2N3O/c1-17-6-5-10(8-17)18(2)13(19)16-9-3-4-11(14)12(15)7-9/h3-4,7,10H,5-6,8H2,1-2H3,(H,16,19)/t10-/m0/s1. The van der Waals surface area contributed by atoms with E-state index in [2.05, 4.69) is 17.3 Å². The number of halogens is 2. The summed E-state index contributed by atoms with van der Waals surface area (Å²) in [6.07, 6.45) is 1.00. The van der Waals surface area contributed by atoms with Crippen LogP contribution in [-0.2, 0) is 0 Å². The van der Waals surface area contributed by atoms with E-state index in [1.54, 1.807) is 23.1 Å². The van der Waals surface area contributed by atoms with Gasteiger partial charge in [0, 0.05) is 25.3 Å². The molecule has 2 rings (SSSR count). The third-order valence-corrected chi connectivity index (χ3v) is 4.14. The Morgan fingerprint density at radius 1 is 1.42 bits per heavy atom. The first kappa shape index (κ1) is 14.4. The monoisotopic (exact) mass is 301 g/mol. The SMILES string of the molecule is CN1CC[C@H](N(C)C(=O)Nc2ccc(Cl)c(Cl)c2)C1. The molecule has 1 aliphatic heterocycles. The molecule has 6 heteroatoms. The number of nitrogens with one attached hydrogen (secondary N) is 1. The highest BCUT2D eigenvalue weighted by Crippen LogP contribution is 2.25. The second kappa shape index (κ2) is 5.99. The van der Waals surface area contributed by atoms with E-state index in [1.165, 1.54) is 0 Å². The van der Waals surface area contributed by atoms with Gasteiger partial charge in [0.05, 0.1) is 10.0 Å². The first-order valence-corrected chi connectivity index (χ1v) is 6.90. The molecule has 1 saturated heterocycles. The second-order valence-corrected chi connectivity index (χ2v) is 5.69. The van der Waals surface area contributed by atoms with Crippen LogP contribution in [0.4, 0.5) is 10.5 Å². The van der Waals surface area contributed by atoms with E-state index in [-0.39, 0.29) is 12.1 Å². The van der Waals surface area contributed by atoms with Crippen LogP contribution in [0.3, 0.4) is 0 Å². The molecule has 0 unspecified atom stereocenters. The van der Waals surface area contributed by atoms with E-state index in [1.807, 2.05) is 7.05 Å². The van der Waals surface area contributed by atoms with Gasteiger partial charge in [-0.3, -0.25) is 0 Å². The molecular weight excluding hydrogens is 285 g/mol. The van der Waals surface area contributed by atoms with Crippen LogP contribution in [0.5, 0.6) is 0 Å². The summed E-state index contributed by atoms with van der Waals surface area (Å²) in [5, 5.41) is 3.74. The minimum absolute atomic E-state index is 0.126. The predicted octanol–water partition coefficient (Wildman–Crippen LogP) is 3.16. The molecule has 1 aliphatic rings. The largest absolute Gasteiger partial charge is 0.323 e. The lowest BCUT2D eigenvalue weighted by Crippen LogP contribution is -2.41. The van der Waals surface area contributed by atoms with Gasteiger partial charge in [-0.25, -0.2) is 4.79 Å². The number of nitrogens with zero attached hydrogens (tertiary/aromatic N) is 2. The molecule has 0 aliphatic carbocycles. The molecule has 1 aromatic rings. The molecular formula is C13H17Cl2N3O. The number of likely N-dealkylation sites (N-methyl/N-ethyl adjacent to an activating group) is 2. The van der Waals surface area contributed by atoms with Crippen LogP contribution >= 0.6 is 23.2 Å². The van der Waals surface area contributed by atoms with Crippen molar-refractivity contribution >= 4 is 34.9 Å². The number of anilines is 1. The van der Waals surface area contributed by atoms with E-state index >= 15 is 0 Å². The third-order valence-electron chi connectivity index (χ3n) is 3.41. The van der Waals surface area contributed by atoms with Crippen molar-refractivity contribution in [1.82, 2.24) is 9.80 Å². The number of rotatable bonds is 2.